The molecule has 0 bridgehead atoms. The van der Waals surface area contributed by atoms with Gasteiger partial charge in [0.25, 0.3) is 0 Å². The molecule has 0 spiro atoms. The summed E-state index contributed by atoms with van der Waals surface area (Å²) in [6.07, 6.45) is 0. The Morgan fingerprint density at radius 1 is 1.47 bits per heavy atom. The van der Waals surface area contributed by atoms with Gasteiger partial charge in [-0.2, -0.15) is 8.78 Å². The molecule has 1 atom stereocenters. The Kier molecular flexibility index (Phi) is 5.33. The molecule has 0 fully saturated rings. The molecule has 1 rings (SSSR count). The van der Waals surface area contributed by atoms with Crippen molar-refractivity contribution in [3.63, 3.8) is 0 Å². The van der Waals surface area contributed by atoms with Crippen LogP contribution in [0.1, 0.15) is 22.8 Å². The first-order chi connectivity index (χ1) is 7.93. The number of hydrogen-bond donors (Lipinski definition) is 0. The maximum Gasteiger partial charge on any atom is 0.387 e. The number of halogens is 4. The lowest BCUT2D eigenvalue weighted by molar-refractivity contribution is -0.0499. The predicted octanol–water partition coefficient (Wildman–Crippen LogP) is 3.99. The van der Waals surface area contributed by atoms with Crippen molar-refractivity contribution >= 4 is 33.3 Å². The summed E-state index contributed by atoms with van der Waals surface area (Å²) in [7, 11) is 0. The van der Waals surface area contributed by atoms with Crippen molar-refractivity contribution in [1.82, 2.24) is 0 Å². The SMILES string of the molecule is CC(Br)C(=O)c1cc(CCl)cc(OC(F)F)c1. The van der Waals surface area contributed by atoms with Crippen molar-refractivity contribution in [2.75, 3.05) is 0 Å². The molecule has 0 aliphatic heterocycles. The van der Waals surface area contributed by atoms with Crippen LogP contribution in [0, 0.1) is 0 Å². The molecule has 0 saturated carbocycles. The number of rotatable bonds is 5. The van der Waals surface area contributed by atoms with Crippen molar-refractivity contribution in [2.45, 2.75) is 24.2 Å². The summed E-state index contributed by atoms with van der Waals surface area (Å²) >= 11 is 8.75. The van der Waals surface area contributed by atoms with Gasteiger partial charge in [-0.3, -0.25) is 4.79 Å². The number of carbonyl (C=O) groups is 1. The highest BCUT2D eigenvalue weighted by atomic mass is 79.9. The molecule has 0 radical (unpaired) electrons. The van der Waals surface area contributed by atoms with E-state index >= 15 is 0 Å². The normalized spacial score (nSPS) is 12.6. The van der Waals surface area contributed by atoms with Gasteiger partial charge < -0.3 is 4.74 Å². The van der Waals surface area contributed by atoms with Gasteiger partial charge in [0, 0.05) is 11.4 Å². The molecule has 94 valence electrons. The minimum absolute atomic E-state index is 0.0605. The molecule has 17 heavy (non-hydrogen) atoms. The van der Waals surface area contributed by atoms with E-state index in [1.54, 1.807) is 13.0 Å². The zero-order valence-corrected chi connectivity index (χ0v) is 11.3. The van der Waals surface area contributed by atoms with Gasteiger partial charge in [-0.1, -0.05) is 15.9 Å². The Morgan fingerprint density at radius 3 is 2.59 bits per heavy atom. The van der Waals surface area contributed by atoms with Crippen LogP contribution in [-0.4, -0.2) is 17.2 Å². The summed E-state index contributed by atoms with van der Waals surface area (Å²) in [5, 5.41) is 0. The van der Waals surface area contributed by atoms with Gasteiger partial charge in [0.2, 0.25) is 0 Å². The first-order valence-electron chi connectivity index (χ1n) is 4.77. The second kappa shape index (κ2) is 6.31. The fourth-order valence-corrected chi connectivity index (χ4v) is 1.70. The van der Waals surface area contributed by atoms with Gasteiger partial charge >= 0.3 is 6.61 Å². The second-order valence-corrected chi connectivity index (χ2v) is 5.00. The molecule has 2 nitrogen and oxygen atoms in total. The van der Waals surface area contributed by atoms with Crippen LogP contribution >= 0.6 is 27.5 Å². The van der Waals surface area contributed by atoms with Crippen LogP contribution < -0.4 is 4.74 Å². The van der Waals surface area contributed by atoms with E-state index in [-0.39, 0.29) is 17.4 Å². The molecule has 0 N–H and O–H groups in total. The first-order valence-corrected chi connectivity index (χ1v) is 6.22. The van der Waals surface area contributed by atoms with Gasteiger partial charge in [0.15, 0.2) is 5.78 Å². The Hall–Kier alpha value is -0.680. The number of hydrogen-bond acceptors (Lipinski definition) is 2. The van der Waals surface area contributed by atoms with Crippen molar-refractivity contribution < 1.29 is 18.3 Å². The van der Waals surface area contributed by atoms with Crippen LogP contribution in [0.2, 0.25) is 0 Å². The molecule has 1 aromatic rings. The van der Waals surface area contributed by atoms with Crippen LogP contribution in [0.15, 0.2) is 18.2 Å². The standard InChI is InChI=1S/C11H10BrClF2O2/c1-6(12)10(16)8-2-7(5-13)3-9(4-8)17-11(14)15/h2-4,6,11H,5H2,1H3. The van der Waals surface area contributed by atoms with E-state index in [4.69, 9.17) is 11.6 Å². The highest BCUT2D eigenvalue weighted by molar-refractivity contribution is 9.10. The average Bonchev–Trinajstić information content (AvgIpc) is 2.26. The summed E-state index contributed by atoms with van der Waals surface area (Å²) in [4.78, 5) is 11.3. The lowest BCUT2D eigenvalue weighted by atomic mass is 10.1. The number of alkyl halides is 4. The third-order valence-corrected chi connectivity index (χ3v) is 2.72. The van der Waals surface area contributed by atoms with E-state index in [2.05, 4.69) is 20.7 Å². The van der Waals surface area contributed by atoms with E-state index in [9.17, 15) is 13.6 Å². The van der Waals surface area contributed by atoms with Crippen LogP contribution in [0.3, 0.4) is 0 Å². The minimum Gasteiger partial charge on any atom is -0.435 e. The molecule has 0 heterocycles. The Morgan fingerprint density at radius 2 is 2.12 bits per heavy atom. The molecule has 1 unspecified atom stereocenters. The highest BCUT2D eigenvalue weighted by Gasteiger charge is 2.15. The summed E-state index contributed by atoms with van der Waals surface area (Å²) in [5.74, 6) is -0.150. The van der Waals surface area contributed by atoms with Crippen molar-refractivity contribution in [2.24, 2.45) is 0 Å². The van der Waals surface area contributed by atoms with E-state index < -0.39 is 11.4 Å². The van der Waals surface area contributed by atoms with E-state index in [1.807, 2.05) is 0 Å². The monoisotopic (exact) mass is 326 g/mol. The smallest absolute Gasteiger partial charge is 0.387 e. The largest absolute Gasteiger partial charge is 0.435 e. The van der Waals surface area contributed by atoms with Gasteiger partial charge in [0.05, 0.1) is 4.83 Å². The van der Waals surface area contributed by atoms with Crippen LogP contribution in [-0.2, 0) is 5.88 Å². The van der Waals surface area contributed by atoms with Gasteiger partial charge in [0.1, 0.15) is 5.75 Å². The summed E-state index contributed by atoms with van der Waals surface area (Å²) in [5.41, 5.74) is 0.851. The first kappa shape index (κ1) is 14.4. The van der Waals surface area contributed by atoms with E-state index in [0.717, 1.165) is 0 Å². The Bertz CT molecular complexity index is 410. The van der Waals surface area contributed by atoms with Crippen LogP contribution in [0.25, 0.3) is 0 Å². The lowest BCUT2D eigenvalue weighted by Gasteiger charge is -2.09. The van der Waals surface area contributed by atoms with Gasteiger partial charge in [-0.05, 0) is 30.7 Å². The zero-order valence-electron chi connectivity index (χ0n) is 8.92. The number of benzene rings is 1. The third kappa shape index (κ3) is 4.24. The fraction of sp³-hybridized carbons (Fsp3) is 0.364. The van der Waals surface area contributed by atoms with Crippen LogP contribution in [0.4, 0.5) is 8.78 Å². The summed E-state index contributed by atoms with van der Waals surface area (Å²) in [6, 6.07) is 4.22. The molecule has 1 aromatic carbocycles. The fourth-order valence-electron chi connectivity index (χ4n) is 1.28. The van der Waals surface area contributed by atoms with Gasteiger partial charge in [-0.15, -0.1) is 11.6 Å². The summed E-state index contributed by atoms with van der Waals surface area (Å²) in [6.45, 7) is -1.27. The van der Waals surface area contributed by atoms with Crippen LogP contribution in [0.5, 0.6) is 5.75 Å². The van der Waals surface area contributed by atoms with E-state index in [0.29, 0.717) is 11.1 Å². The Balaban J connectivity index is 3.09. The minimum atomic E-state index is -2.93. The van der Waals surface area contributed by atoms with E-state index in [1.165, 1.54) is 12.1 Å². The zero-order chi connectivity index (χ0) is 13.0. The number of ketones is 1. The maximum atomic E-state index is 12.1. The molecule has 0 amide bonds. The number of carbonyl (C=O) groups excluding carboxylic acids is 1. The molecular formula is C11H10BrClF2O2. The molecule has 0 aliphatic rings. The molecular weight excluding hydrogens is 317 g/mol. The van der Waals surface area contributed by atoms with Crippen molar-refractivity contribution in [1.29, 1.82) is 0 Å². The molecule has 0 aromatic heterocycles. The topological polar surface area (TPSA) is 26.3 Å². The summed E-state index contributed by atoms with van der Waals surface area (Å²) < 4.78 is 28.5. The highest BCUT2D eigenvalue weighted by Crippen LogP contribution is 2.22. The van der Waals surface area contributed by atoms with Gasteiger partial charge in [-0.25, -0.2) is 0 Å². The molecule has 6 heteroatoms. The third-order valence-electron chi connectivity index (χ3n) is 1.99. The number of Topliss-reactive ketones (excluding diaryl/α,β-unsaturated/α-hetero) is 1. The lowest BCUT2D eigenvalue weighted by Crippen LogP contribution is -2.11. The maximum absolute atomic E-state index is 12.1. The quantitative estimate of drug-likeness (QED) is 0.604. The van der Waals surface area contributed by atoms with Crippen molar-refractivity contribution in [3.05, 3.63) is 29.3 Å². The average molecular weight is 328 g/mol. The van der Waals surface area contributed by atoms with Crippen molar-refractivity contribution in [3.8, 4) is 5.75 Å². The number of ether oxygens (including phenoxy) is 1. The molecule has 0 saturated heterocycles. The Labute approximate surface area is 111 Å². The second-order valence-electron chi connectivity index (χ2n) is 3.36. The predicted molar refractivity (Wildman–Crippen MR) is 65.4 cm³/mol. The molecule has 0 aliphatic carbocycles.